The SMILES string of the molecule is COc1ccc(N)cc1C(=O)OCCCS(C)(=O)=O. The van der Waals surface area contributed by atoms with Gasteiger partial charge in [-0.1, -0.05) is 0 Å². The predicted octanol–water partition coefficient (Wildman–Crippen LogP) is 0.869. The first-order chi connectivity index (χ1) is 8.83. The molecule has 19 heavy (non-hydrogen) atoms. The van der Waals surface area contributed by atoms with Crippen LogP contribution in [0.15, 0.2) is 18.2 Å². The van der Waals surface area contributed by atoms with Crippen molar-refractivity contribution in [3.8, 4) is 5.75 Å². The third kappa shape index (κ3) is 5.17. The van der Waals surface area contributed by atoms with Crippen LogP contribution in [0.5, 0.6) is 5.75 Å². The number of rotatable bonds is 6. The van der Waals surface area contributed by atoms with E-state index in [1.54, 1.807) is 12.1 Å². The quantitative estimate of drug-likeness (QED) is 0.474. The number of carbonyl (C=O) groups is 1. The molecule has 1 aromatic carbocycles. The van der Waals surface area contributed by atoms with Gasteiger partial charge in [0.1, 0.15) is 21.2 Å². The van der Waals surface area contributed by atoms with Crippen molar-refractivity contribution in [3.63, 3.8) is 0 Å². The van der Waals surface area contributed by atoms with Crippen LogP contribution in [0.4, 0.5) is 5.69 Å². The van der Waals surface area contributed by atoms with Crippen LogP contribution in [-0.4, -0.2) is 40.1 Å². The Labute approximate surface area is 112 Å². The highest BCUT2D eigenvalue weighted by atomic mass is 32.2. The number of ether oxygens (including phenoxy) is 2. The van der Waals surface area contributed by atoms with Crippen LogP contribution in [0.3, 0.4) is 0 Å². The molecule has 0 saturated carbocycles. The summed E-state index contributed by atoms with van der Waals surface area (Å²) in [6, 6.07) is 4.64. The van der Waals surface area contributed by atoms with Crippen LogP contribution in [-0.2, 0) is 14.6 Å². The van der Waals surface area contributed by atoms with Crippen molar-refractivity contribution >= 4 is 21.5 Å². The Balaban J connectivity index is 2.61. The van der Waals surface area contributed by atoms with Gasteiger partial charge < -0.3 is 15.2 Å². The summed E-state index contributed by atoms with van der Waals surface area (Å²) in [6.07, 6.45) is 1.39. The largest absolute Gasteiger partial charge is 0.496 e. The van der Waals surface area contributed by atoms with Crippen molar-refractivity contribution in [2.24, 2.45) is 0 Å². The molecule has 7 heteroatoms. The smallest absolute Gasteiger partial charge is 0.341 e. The summed E-state index contributed by atoms with van der Waals surface area (Å²) in [5.74, 6) is -0.242. The number of carbonyl (C=O) groups excluding carboxylic acids is 1. The fourth-order valence-electron chi connectivity index (χ4n) is 1.45. The highest BCUT2D eigenvalue weighted by molar-refractivity contribution is 7.90. The molecule has 0 spiro atoms. The van der Waals surface area contributed by atoms with E-state index in [2.05, 4.69) is 0 Å². The summed E-state index contributed by atoms with van der Waals surface area (Å²) in [5, 5.41) is 0. The average Bonchev–Trinajstić information content (AvgIpc) is 2.33. The van der Waals surface area contributed by atoms with Gasteiger partial charge in [-0.25, -0.2) is 13.2 Å². The molecule has 0 bridgehead atoms. The first-order valence-electron chi connectivity index (χ1n) is 5.62. The number of hydrogen-bond donors (Lipinski definition) is 1. The standard InChI is InChI=1S/C12H17NO5S/c1-17-11-5-4-9(13)8-10(11)12(14)18-6-3-7-19(2,15)16/h4-5,8H,3,6-7,13H2,1-2H3. The topological polar surface area (TPSA) is 95.7 Å². The number of methoxy groups -OCH3 is 1. The molecule has 0 fully saturated rings. The van der Waals surface area contributed by atoms with E-state index in [0.29, 0.717) is 11.4 Å². The molecular weight excluding hydrogens is 270 g/mol. The lowest BCUT2D eigenvalue weighted by molar-refractivity contribution is 0.0502. The summed E-state index contributed by atoms with van der Waals surface area (Å²) in [5.41, 5.74) is 6.23. The van der Waals surface area contributed by atoms with Crippen molar-refractivity contribution < 1.29 is 22.7 Å². The molecule has 1 aromatic rings. The maximum Gasteiger partial charge on any atom is 0.341 e. The number of hydrogen-bond acceptors (Lipinski definition) is 6. The number of esters is 1. The van der Waals surface area contributed by atoms with Gasteiger partial charge in [0.2, 0.25) is 0 Å². The summed E-state index contributed by atoms with van der Waals surface area (Å²) in [6.45, 7) is 0.0316. The number of sulfone groups is 1. The molecule has 0 atom stereocenters. The first kappa shape index (κ1) is 15.3. The zero-order valence-corrected chi connectivity index (χ0v) is 11.7. The summed E-state index contributed by atoms with van der Waals surface area (Å²) < 4.78 is 31.8. The maximum absolute atomic E-state index is 11.8. The predicted molar refractivity (Wildman–Crippen MR) is 72.0 cm³/mol. The van der Waals surface area contributed by atoms with Crippen LogP contribution in [0.2, 0.25) is 0 Å². The molecule has 0 amide bonds. The first-order valence-corrected chi connectivity index (χ1v) is 7.68. The van der Waals surface area contributed by atoms with Crippen LogP contribution in [0.1, 0.15) is 16.8 Å². The minimum atomic E-state index is -3.04. The van der Waals surface area contributed by atoms with Crippen LogP contribution < -0.4 is 10.5 Å². The molecule has 2 N–H and O–H groups in total. The zero-order chi connectivity index (χ0) is 14.5. The number of anilines is 1. The van der Waals surface area contributed by atoms with Gasteiger partial charge in [-0.05, 0) is 24.6 Å². The Morgan fingerprint density at radius 2 is 2.05 bits per heavy atom. The number of nitrogens with two attached hydrogens (primary N) is 1. The molecule has 0 radical (unpaired) electrons. The van der Waals surface area contributed by atoms with Gasteiger partial charge in [0.15, 0.2) is 0 Å². The second kappa shape index (κ2) is 6.42. The molecule has 0 saturated heterocycles. The summed E-state index contributed by atoms with van der Waals surface area (Å²) in [7, 11) is -1.61. The van der Waals surface area contributed by atoms with Crippen LogP contribution >= 0.6 is 0 Å². The summed E-state index contributed by atoms with van der Waals surface area (Å²) in [4.78, 5) is 11.8. The second-order valence-electron chi connectivity index (χ2n) is 4.08. The average molecular weight is 287 g/mol. The lowest BCUT2D eigenvalue weighted by Gasteiger charge is -2.09. The van der Waals surface area contributed by atoms with Gasteiger partial charge in [0.05, 0.1) is 19.5 Å². The van der Waals surface area contributed by atoms with Crippen LogP contribution in [0, 0.1) is 0 Å². The Morgan fingerprint density at radius 1 is 1.37 bits per heavy atom. The third-order valence-electron chi connectivity index (χ3n) is 2.34. The fraction of sp³-hybridized carbons (Fsp3) is 0.417. The highest BCUT2D eigenvalue weighted by Gasteiger charge is 2.14. The van der Waals surface area contributed by atoms with E-state index in [1.807, 2.05) is 0 Å². The van der Waals surface area contributed by atoms with E-state index in [-0.39, 0.29) is 24.3 Å². The number of benzene rings is 1. The molecule has 6 nitrogen and oxygen atoms in total. The van der Waals surface area contributed by atoms with E-state index >= 15 is 0 Å². The minimum absolute atomic E-state index is 0.0195. The Hall–Kier alpha value is -1.76. The van der Waals surface area contributed by atoms with E-state index in [9.17, 15) is 13.2 Å². The molecule has 0 aromatic heterocycles. The zero-order valence-electron chi connectivity index (χ0n) is 10.9. The molecule has 0 aliphatic rings. The highest BCUT2D eigenvalue weighted by Crippen LogP contribution is 2.21. The third-order valence-corrected chi connectivity index (χ3v) is 3.37. The number of nitrogen functional groups attached to an aromatic ring is 1. The molecular formula is C12H17NO5S. The van der Waals surface area contributed by atoms with E-state index < -0.39 is 15.8 Å². The molecule has 0 heterocycles. The van der Waals surface area contributed by atoms with Gasteiger partial charge in [-0.2, -0.15) is 0 Å². The lowest BCUT2D eigenvalue weighted by atomic mass is 10.2. The van der Waals surface area contributed by atoms with Crippen molar-refractivity contribution in [1.29, 1.82) is 0 Å². The molecule has 1 rings (SSSR count). The van der Waals surface area contributed by atoms with E-state index in [0.717, 1.165) is 6.26 Å². The minimum Gasteiger partial charge on any atom is -0.496 e. The van der Waals surface area contributed by atoms with E-state index in [1.165, 1.54) is 13.2 Å². The fourth-order valence-corrected chi connectivity index (χ4v) is 2.09. The summed E-state index contributed by atoms with van der Waals surface area (Å²) >= 11 is 0. The molecule has 0 aliphatic carbocycles. The molecule has 0 aliphatic heterocycles. The molecule has 0 unspecified atom stereocenters. The normalized spacial score (nSPS) is 11.1. The van der Waals surface area contributed by atoms with Gasteiger partial charge in [-0.3, -0.25) is 0 Å². The van der Waals surface area contributed by atoms with Crippen molar-refractivity contribution in [1.82, 2.24) is 0 Å². The Kier molecular flexibility index (Phi) is 5.17. The van der Waals surface area contributed by atoms with Crippen molar-refractivity contribution in [3.05, 3.63) is 23.8 Å². The van der Waals surface area contributed by atoms with Gasteiger partial charge in [0.25, 0.3) is 0 Å². The van der Waals surface area contributed by atoms with Crippen molar-refractivity contribution in [2.75, 3.05) is 31.5 Å². The van der Waals surface area contributed by atoms with Gasteiger partial charge in [-0.15, -0.1) is 0 Å². The monoisotopic (exact) mass is 287 g/mol. The van der Waals surface area contributed by atoms with Gasteiger partial charge >= 0.3 is 5.97 Å². The van der Waals surface area contributed by atoms with E-state index in [4.69, 9.17) is 15.2 Å². The second-order valence-corrected chi connectivity index (χ2v) is 6.34. The van der Waals surface area contributed by atoms with Crippen molar-refractivity contribution in [2.45, 2.75) is 6.42 Å². The van der Waals surface area contributed by atoms with Gasteiger partial charge in [0, 0.05) is 11.9 Å². The Morgan fingerprint density at radius 3 is 2.63 bits per heavy atom. The molecule has 106 valence electrons. The lowest BCUT2D eigenvalue weighted by Crippen LogP contribution is -2.12. The Bertz CT molecular complexity index is 553. The maximum atomic E-state index is 11.8. The van der Waals surface area contributed by atoms with Crippen LogP contribution in [0.25, 0.3) is 0 Å².